The van der Waals surface area contributed by atoms with Gasteiger partial charge in [0.1, 0.15) is 0 Å². The Morgan fingerprint density at radius 3 is 2.08 bits per heavy atom. The molecule has 0 unspecified atom stereocenters. The van der Waals surface area contributed by atoms with Crippen molar-refractivity contribution in [3.63, 3.8) is 0 Å². The van der Waals surface area contributed by atoms with Gasteiger partial charge in [-0.05, 0) is 25.9 Å². The third kappa shape index (κ3) is 6.58. The largest absolute Gasteiger partial charge is 0.469 e. The van der Waals surface area contributed by atoms with Crippen molar-refractivity contribution in [3.8, 4) is 0 Å². The highest BCUT2D eigenvalue weighted by Crippen LogP contribution is 1.96. The van der Waals surface area contributed by atoms with Crippen LogP contribution in [0.1, 0.15) is 33.1 Å². The zero-order chi connectivity index (χ0) is 10.1. The molecule has 0 N–H and O–H groups in total. The van der Waals surface area contributed by atoms with Gasteiger partial charge in [0.15, 0.2) is 0 Å². The number of carbonyl (C=O) groups is 1. The van der Waals surface area contributed by atoms with E-state index in [1.54, 1.807) is 0 Å². The summed E-state index contributed by atoms with van der Waals surface area (Å²) in [6, 6.07) is 0. The predicted molar refractivity (Wildman–Crippen MR) is 53.7 cm³/mol. The molecule has 0 aliphatic rings. The van der Waals surface area contributed by atoms with Gasteiger partial charge in [0, 0.05) is 6.54 Å². The van der Waals surface area contributed by atoms with Crippen molar-refractivity contribution in [2.75, 3.05) is 26.7 Å². The minimum absolute atomic E-state index is 0.114. The van der Waals surface area contributed by atoms with Crippen LogP contribution in [0.25, 0.3) is 0 Å². The lowest BCUT2D eigenvalue weighted by Crippen LogP contribution is -2.28. The first-order valence-corrected chi connectivity index (χ1v) is 5.03. The predicted octanol–water partition coefficient (Wildman–Crippen LogP) is 1.67. The van der Waals surface area contributed by atoms with Gasteiger partial charge in [0.25, 0.3) is 0 Å². The molecule has 0 heterocycles. The average molecular weight is 187 g/mol. The van der Waals surface area contributed by atoms with Crippen LogP contribution in [0, 0.1) is 0 Å². The summed E-state index contributed by atoms with van der Waals surface area (Å²) in [6.45, 7) is 7.28. The SMILES string of the molecule is CCCN(CCC)CCC(=O)OC. The molecule has 0 rings (SSSR count). The maximum Gasteiger partial charge on any atom is 0.306 e. The molecule has 3 nitrogen and oxygen atoms in total. The number of rotatable bonds is 7. The smallest absolute Gasteiger partial charge is 0.306 e. The zero-order valence-corrected chi connectivity index (χ0v) is 9.01. The van der Waals surface area contributed by atoms with Crippen LogP contribution in [0.4, 0.5) is 0 Å². The fraction of sp³-hybridized carbons (Fsp3) is 0.900. The first-order valence-electron chi connectivity index (χ1n) is 5.03. The third-order valence-electron chi connectivity index (χ3n) is 1.94. The van der Waals surface area contributed by atoms with Crippen LogP contribution < -0.4 is 0 Å². The number of esters is 1. The van der Waals surface area contributed by atoms with E-state index in [0.717, 1.165) is 32.5 Å². The number of nitrogens with zero attached hydrogens (tertiary/aromatic N) is 1. The lowest BCUT2D eigenvalue weighted by molar-refractivity contribution is -0.141. The molecule has 0 atom stereocenters. The molecule has 78 valence electrons. The van der Waals surface area contributed by atoms with Crippen LogP contribution in [0.15, 0.2) is 0 Å². The van der Waals surface area contributed by atoms with Gasteiger partial charge in [0.05, 0.1) is 13.5 Å². The van der Waals surface area contributed by atoms with E-state index in [1.807, 2.05) is 0 Å². The number of hydrogen-bond acceptors (Lipinski definition) is 3. The van der Waals surface area contributed by atoms with Gasteiger partial charge in [-0.1, -0.05) is 13.8 Å². The highest BCUT2D eigenvalue weighted by molar-refractivity contribution is 5.69. The van der Waals surface area contributed by atoms with Gasteiger partial charge in [-0.3, -0.25) is 4.79 Å². The van der Waals surface area contributed by atoms with Crippen molar-refractivity contribution in [2.45, 2.75) is 33.1 Å². The Morgan fingerprint density at radius 1 is 1.15 bits per heavy atom. The summed E-state index contributed by atoms with van der Waals surface area (Å²) in [5.74, 6) is -0.114. The fourth-order valence-corrected chi connectivity index (χ4v) is 1.32. The van der Waals surface area contributed by atoms with Crippen molar-refractivity contribution < 1.29 is 9.53 Å². The first-order chi connectivity index (χ1) is 6.24. The summed E-state index contributed by atoms with van der Waals surface area (Å²) in [7, 11) is 1.44. The van der Waals surface area contributed by atoms with E-state index in [9.17, 15) is 4.79 Å². The number of carbonyl (C=O) groups excluding carboxylic acids is 1. The van der Waals surface area contributed by atoms with Gasteiger partial charge < -0.3 is 9.64 Å². The van der Waals surface area contributed by atoms with Gasteiger partial charge in [-0.15, -0.1) is 0 Å². The minimum Gasteiger partial charge on any atom is -0.469 e. The second-order valence-corrected chi connectivity index (χ2v) is 3.17. The van der Waals surface area contributed by atoms with E-state index in [2.05, 4.69) is 23.5 Å². The molecule has 0 aliphatic carbocycles. The molecular formula is C10H21NO2. The molecule has 0 spiro atoms. The van der Waals surface area contributed by atoms with E-state index in [0.29, 0.717) is 6.42 Å². The molecule has 0 bridgehead atoms. The Kier molecular flexibility index (Phi) is 7.69. The summed E-state index contributed by atoms with van der Waals surface area (Å²) >= 11 is 0. The van der Waals surface area contributed by atoms with Crippen LogP contribution in [0.3, 0.4) is 0 Å². The van der Waals surface area contributed by atoms with Crippen molar-refractivity contribution in [2.24, 2.45) is 0 Å². The molecule has 0 saturated heterocycles. The van der Waals surface area contributed by atoms with Crippen LogP contribution >= 0.6 is 0 Å². The van der Waals surface area contributed by atoms with Crippen LogP contribution in [-0.2, 0) is 9.53 Å². The maximum absolute atomic E-state index is 10.9. The van der Waals surface area contributed by atoms with Crippen molar-refractivity contribution in [1.82, 2.24) is 4.90 Å². The standard InChI is InChI=1S/C10H21NO2/c1-4-7-11(8-5-2)9-6-10(12)13-3/h4-9H2,1-3H3. The quantitative estimate of drug-likeness (QED) is 0.568. The number of ether oxygens (including phenoxy) is 1. The molecular weight excluding hydrogens is 166 g/mol. The van der Waals surface area contributed by atoms with Gasteiger partial charge >= 0.3 is 5.97 Å². The van der Waals surface area contributed by atoms with E-state index in [-0.39, 0.29) is 5.97 Å². The van der Waals surface area contributed by atoms with Crippen molar-refractivity contribution >= 4 is 5.97 Å². The minimum atomic E-state index is -0.114. The summed E-state index contributed by atoms with van der Waals surface area (Å²) in [6.07, 6.45) is 2.79. The molecule has 0 aromatic carbocycles. The molecule has 0 radical (unpaired) electrons. The Hall–Kier alpha value is -0.570. The molecule has 0 aliphatic heterocycles. The maximum atomic E-state index is 10.9. The van der Waals surface area contributed by atoms with Crippen LogP contribution in [-0.4, -0.2) is 37.6 Å². The van der Waals surface area contributed by atoms with Crippen molar-refractivity contribution in [3.05, 3.63) is 0 Å². The number of methoxy groups -OCH3 is 1. The molecule has 0 aromatic heterocycles. The Bertz CT molecular complexity index is 131. The molecule has 0 saturated carbocycles. The lowest BCUT2D eigenvalue weighted by atomic mass is 10.3. The Labute approximate surface area is 81.1 Å². The molecule has 0 aromatic rings. The molecule has 3 heteroatoms. The second-order valence-electron chi connectivity index (χ2n) is 3.17. The first kappa shape index (κ1) is 12.4. The van der Waals surface area contributed by atoms with Crippen LogP contribution in [0.2, 0.25) is 0 Å². The molecule has 0 fully saturated rings. The average Bonchev–Trinajstić information content (AvgIpc) is 2.14. The third-order valence-corrected chi connectivity index (χ3v) is 1.94. The van der Waals surface area contributed by atoms with Gasteiger partial charge in [-0.25, -0.2) is 0 Å². The monoisotopic (exact) mass is 187 g/mol. The van der Waals surface area contributed by atoms with E-state index in [4.69, 9.17) is 0 Å². The molecule has 0 amide bonds. The highest BCUT2D eigenvalue weighted by Gasteiger charge is 2.05. The topological polar surface area (TPSA) is 29.5 Å². The zero-order valence-electron chi connectivity index (χ0n) is 9.01. The molecule has 13 heavy (non-hydrogen) atoms. The van der Waals surface area contributed by atoms with E-state index >= 15 is 0 Å². The Balaban J connectivity index is 3.61. The number of hydrogen-bond donors (Lipinski definition) is 0. The Morgan fingerprint density at radius 2 is 1.69 bits per heavy atom. The normalized spacial score (nSPS) is 10.5. The lowest BCUT2D eigenvalue weighted by Gasteiger charge is -2.19. The van der Waals surface area contributed by atoms with E-state index < -0.39 is 0 Å². The summed E-state index contributed by atoms with van der Waals surface area (Å²) in [5.41, 5.74) is 0. The highest BCUT2D eigenvalue weighted by atomic mass is 16.5. The summed E-state index contributed by atoms with van der Waals surface area (Å²) < 4.78 is 4.59. The van der Waals surface area contributed by atoms with E-state index in [1.165, 1.54) is 7.11 Å². The van der Waals surface area contributed by atoms with Gasteiger partial charge in [0.2, 0.25) is 0 Å². The summed E-state index contributed by atoms with van der Waals surface area (Å²) in [4.78, 5) is 13.2. The van der Waals surface area contributed by atoms with Crippen LogP contribution in [0.5, 0.6) is 0 Å². The summed E-state index contributed by atoms with van der Waals surface area (Å²) in [5, 5.41) is 0. The fourth-order valence-electron chi connectivity index (χ4n) is 1.32. The van der Waals surface area contributed by atoms with Crippen molar-refractivity contribution in [1.29, 1.82) is 0 Å². The second kappa shape index (κ2) is 8.05. The van der Waals surface area contributed by atoms with Gasteiger partial charge in [-0.2, -0.15) is 0 Å².